The molecule has 3 atom stereocenters. The molecule has 0 amide bonds. The molecule has 0 aliphatic carbocycles. The molecule has 0 radical (unpaired) electrons. The zero-order valence-electron chi connectivity index (χ0n) is 24.2. The van der Waals surface area contributed by atoms with Gasteiger partial charge in [0, 0.05) is 5.75 Å². The lowest BCUT2D eigenvalue weighted by atomic mass is 10.0. The Hall–Kier alpha value is -1.62. The van der Waals surface area contributed by atoms with E-state index >= 15 is 0 Å². The highest BCUT2D eigenvalue weighted by molar-refractivity contribution is 8.77. The molecule has 0 aliphatic rings. The number of rotatable bonds is 14. The molecule has 0 rings (SSSR count). The number of carbonyl (C=O) groups excluding carboxylic acids is 2. The van der Waals surface area contributed by atoms with Crippen LogP contribution in [0.4, 0.5) is 0 Å². The van der Waals surface area contributed by atoms with Crippen molar-refractivity contribution in [3.05, 3.63) is 0 Å². The molecule has 0 bridgehead atoms. The van der Waals surface area contributed by atoms with Gasteiger partial charge < -0.3 is 31.2 Å². The lowest BCUT2D eigenvalue weighted by Crippen LogP contribution is -2.79. The van der Waals surface area contributed by atoms with Crippen LogP contribution in [0.3, 0.4) is 0 Å². The average Bonchev–Trinajstić information content (AvgIpc) is 2.71. The molecular weight excluding hydrogens is 538 g/mol. The number of nitrogens with two attached hydrogens (primary N) is 2. The fourth-order valence-corrected chi connectivity index (χ4v) is 6.27. The maximum atomic E-state index is 13.3. The molecule has 0 spiro atoms. The van der Waals surface area contributed by atoms with E-state index in [1.165, 1.54) is 0 Å². The molecule has 222 valence electrons. The minimum Gasteiger partial charge on any atom is -0.479 e. The summed E-state index contributed by atoms with van der Waals surface area (Å²) in [6.07, 6.45) is 0.363. The van der Waals surface area contributed by atoms with Crippen LogP contribution in [0.5, 0.6) is 0 Å². The van der Waals surface area contributed by atoms with Crippen LogP contribution in [0.25, 0.3) is 0 Å². The second-order valence-corrected chi connectivity index (χ2v) is 13.8. The van der Waals surface area contributed by atoms with Gasteiger partial charge in [0.25, 0.3) is 0 Å². The van der Waals surface area contributed by atoms with Crippen LogP contribution in [-0.4, -0.2) is 111 Å². The monoisotopic (exact) mass is 583 g/mol. The van der Waals surface area contributed by atoms with Crippen molar-refractivity contribution in [1.82, 2.24) is 15.1 Å². The molecule has 0 aromatic heterocycles. The zero-order valence-corrected chi connectivity index (χ0v) is 25.8. The molecule has 7 N–H and O–H groups in total. The van der Waals surface area contributed by atoms with Gasteiger partial charge in [0.1, 0.15) is 17.0 Å². The number of hydrogen-bond acceptors (Lipinski definition) is 13. The summed E-state index contributed by atoms with van der Waals surface area (Å²) in [5.41, 5.74) is 5.51. The summed E-state index contributed by atoms with van der Waals surface area (Å²) >= 11 is 0. The van der Waals surface area contributed by atoms with Gasteiger partial charge in [0.15, 0.2) is 10.9 Å². The van der Waals surface area contributed by atoms with Crippen molar-refractivity contribution in [2.75, 3.05) is 33.9 Å². The maximum Gasteiger partial charge on any atom is 0.340 e. The van der Waals surface area contributed by atoms with E-state index in [9.17, 15) is 29.4 Å². The summed E-state index contributed by atoms with van der Waals surface area (Å²) in [5.74, 6) is -6.99. The summed E-state index contributed by atoms with van der Waals surface area (Å²) in [4.78, 5) is 54.0. The van der Waals surface area contributed by atoms with Gasteiger partial charge in [-0.05, 0) is 76.2 Å². The number of hydrogen-bond donors (Lipinski definition) is 5. The van der Waals surface area contributed by atoms with Crippen molar-refractivity contribution >= 4 is 45.5 Å². The van der Waals surface area contributed by atoms with E-state index in [1.54, 1.807) is 79.5 Å². The largest absolute Gasteiger partial charge is 0.479 e. The van der Waals surface area contributed by atoms with E-state index in [2.05, 4.69) is 5.32 Å². The van der Waals surface area contributed by atoms with Crippen LogP contribution in [0.1, 0.15) is 54.9 Å². The Morgan fingerprint density at radius 1 is 0.868 bits per heavy atom. The van der Waals surface area contributed by atoms with Gasteiger partial charge in [0.2, 0.25) is 5.54 Å². The molecule has 0 fully saturated rings. The van der Waals surface area contributed by atoms with Crippen molar-refractivity contribution in [3.63, 3.8) is 0 Å². The van der Waals surface area contributed by atoms with Gasteiger partial charge in [-0.2, -0.15) is 0 Å². The van der Waals surface area contributed by atoms with Crippen molar-refractivity contribution in [1.29, 1.82) is 0 Å². The Morgan fingerprint density at radius 3 is 1.63 bits per heavy atom. The standard InChI is InChI=1S/C23H45N5O8S2/c1-12-22(27(8)9,28(10)11)26-23(25,17(32)33)14(15(29)35-19(2,3)4)38-37-13-21(24,16(30)31)18(34)36-20(5,6)7/h14,26H,12-13,24-25H2,1-11H3,(H,30,31)(H,32,33)/t14?,21-,23+/m0/s1. The van der Waals surface area contributed by atoms with Crippen LogP contribution >= 0.6 is 21.6 Å². The predicted molar refractivity (Wildman–Crippen MR) is 148 cm³/mol. The second-order valence-electron chi connectivity index (χ2n) is 11.3. The van der Waals surface area contributed by atoms with E-state index in [4.69, 9.17) is 20.9 Å². The number of nitrogens with zero attached hydrogens (tertiary/aromatic N) is 2. The third kappa shape index (κ3) is 9.24. The molecule has 0 saturated carbocycles. The van der Waals surface area contributed by atoms with Crippen molar-refractivity contribution in [2.45, 2.75) is 88.3 Å². The summed E-state index contributed by atoms with van der Waals surface area (Å²) in [7, 11) is 8.23. The molecule has 0 aliphatic heterocycles. The van der Waals surface area contributed by atoms with E-state index < -0.39 is 63.1 Å². The third-order valence-electron chi connectivity index (χ3n) is 5.36. The minimum atomic E-state index is -2.47. The average molecular weight is 584 g/mol. The summed E-state index contributed by atoms with van der Waals surface area (Å²) in [5, 5.41) is 21.3. The summed E-state index contributed by atoms with van der Waals surface area (Å²) in [6, 6.07) is 0. The molecule has 0 saturated heterocycles. The van der Waals surface area contributed by atoms with E-state index in [1.807, 2.05) is 6.92 Å². The Bertz CT molecular complexity index is 867. The molecule has 13 nitrogen and oxygen atoms in total. The Balaban J connectivity index is 6.50. The smallest absolute Gasteiger partial charge is 0.340 e. The first-order valence-electron chi connectivity index (χ1n) is 11.8. The maximum absolute atomic E-state index is 13.3. The number of aliphatic carboxylic acids is 2. The van der Waals surface area contributed by atoms with E-state index in [0.717, 1.165) is 0 Å². The van der Waals surface area contributed by atoms with E-state index in [0.29, 0.717) is 28.0 Å². The number of carbonyl (C=O) groups is 4. The quantitative estimate of drug-likeness (QED) is 0.0829. The van der Waals surface area contributed by atoms with Crippen molar-refractivity contribution < 1.29 is 38.9 Å². The fourth-order valence-electron chi connectivity index (χ4n) is 3.34. The first kappa shape index (κ1) is 36.4. The first-order valence-corrected chi connectivity index (χ1v) is 14.2. The predicted octanol–water partition coefficient (Wildman–Crippen LogP) is 0.718. The van der Waals surface area contributed by atoms with Gasteiger partial charge in [-0.3, -0.25) is 19.9 Å². The number of carboxylic acids is 2. The van der Waals surface area contributed by atoms with Gasteiger partial charge in [-0.25, -0.2) is 14.4 Å². The minimum absolute atomic E-state index is 0.363. The van der Waals surface area contributed by atoms with Gasteiger partial charge in [-0.1, -0.05) is 28.5 Å². The van der Waals surface area contributed by atoms with E-state index in [-0.39, 0.29) is 0 Å². The van der Waals surface area contributed by atoms with Crippen molar-refractivity contribution in [2.24, 2.45) is 11.5 Å². The molecule has 0 heterocycles. The van der Waals surface area contributed by atoms with Gasteiger partial charge in [0.05, 0.1) is 0 Å². The van der Waals surface area contributed by atoms with Crippen LogP contribution in [0.2, 0.25) is 0 Å². The topological polar surface area (TPSA) is 198 Å². The third-order valence-corrected chi connectivity index (χ3v) is 8.17. The lowest BCUT2D eigenvalue weighted by Gasteiger charge is -2.50. The first-order chi connectivity index (χ1) is 16.9. The molecule has 0 aromatic rings. The summed E-state index contributed by atoms with van der Waals surface area (Å²) < 4.78 is 10.7. The number of ether oxygens (including phenoxy) is 2. The molecule has 15 heteroatoms. The number of esters is 2. The SMILES string of the molecule is CCC(N[C@@](N)(C(=O)O)C(SSC[C@](N)(C(=O)O)C(=O)OC(C)(C)C)C(=O)OC(C)(C)C)(N(C)C)N(C)C. The summed E-state index contributed by atoms with van der Waals surface area (Å²) in [6.45, 7) is 11.3. The van der Waals surface area contributed by atoms with Crippen LogP contribution < -0.4 is 16.8 Å². The van der Waals surface area contributed by atoms with Crippen LogP contribution in [0.15, 0.2) is 0 Å². The van der Waals surface area contributed by atoms with Crippen molar-refractivity contribution in [3.8, 4) is 0 Å². The molecule has 1 unspecified atom stereocenters. The molecule has 38 heavy (non-hydrogen) atoms. The fraction of sp³-hybridized carbons (Fsp3) is 0.826. The number of carboxylic acid groups (broad SMARTS) is 2. The number of nitrogens with one attached hydrogen (secondary N) is 1. The zero-order chi connectivity index (χ0) is 30.5. The van der Waals surface area contributed by atoms with Crippen LogP contribution in [0, 0.1) is 0 Å². The molecular formula is C23H45N5O8S2. The Kier molecular flexibility index (Phi) is 12.6. The highest BCUT2D eigenvalue weighted by atomic mass is 33.1. The Morgan fingerprint density at radius 2 is 1.32 bits per heavy atom. The normalized spacial score (nSPS) is 16.9. The lowest BCUT2D eigenvalue weighted by molar-refractivity contribution is -0.167. The second kappa shape index (κ2) is 13.2. The van der Waals surface area contributed by atoms with Crippen LogP contribution in [-0.2, 0) is 28.7 Å². The highest BCUT2D eigenvalue weighted by Crippen LogP contribution is 2.37. The van der Waals surface area contributed by atoms with Gasteiger partial charge in [-0.15, -0.1) is 0 Å². The Labute approximate surface area is 233 Å². The highest BCUT2D eigenvalue weighted by Gasteiger charge is 2.55. The van der Waals surface area contributed by atoms with Gasteiger partial charge >= 0.3 is 23.9 Å². The molecule has 0 aromatic carbocycles.